The number of nitrogens with one attached hydrogen (secondary N) is 2. The van der Waals surface area contributed by atoms with Crippen molar-refractivity contribution in [2.24, 2.45) is 0 Å². The quantitative estimate of drug-likeness (QED) is 0.672. The van der Waals surface area contributed by atoms with Crippen LogP contribution in [-0.2, 0) is 10.5 Å². The zero-order valence-electron chi connectivity index (χ0n) is 19.1. The third-order valence-electron chi connectivity index (χ3n) is 6.69. The van der Waals surface area contributed by atoms with Gasteiger partial charge in [0.15, 0.2) is 0 Å². The molecule has 0 radical (unpaired) electrons. The third-order valence-corrected chi connectivity index (χ3v) is 6.69. The molecule has 2 amide bonds. The Balaban J connectivity index is 1.17. The molecular weight excluding hydrogens is 423 g/mol. The Bertz CT molecular complexity index is 983. The number of methoxy groups -OCH3 is 1. The fourth-order valence-corrected chi connectivity index (χ4v) is 4.71. The Morgan fingerprint density at radius 2 is 1.97 bits per heavy atom. The number of aryl methyl sites for hydroxylation is 1. The van der Waals surface area contributed by atoms with Crippen molar-refractivity contribution in [3.8, 4) is 5.88 Å². The number of hydrogen-bond acceptors (Lipinski definition) is 5. The van der Waals surface area contributed by atoms with Gasteiger partial charge in [0.25, 0.3) is 5.91 Å². The summed E-state index contributed by atoms with van der Waals surface area (Å²) in [6.45, 7) is 3.38. The minimum atomic E-state index is -1.34. The van der Waals surface area contributed by atoms with E-state index >= 15 is 4.39 Å². The molecule has 2 N–H and O–H groups in total. The lowest BCUT2D eigenvalue weighted by molar-refractivity contribution is -0.122. The molecule has 1 saturated heterocycles. The molecule has 8 heteroatoms. The number of carbonyl (C=O) groups excluding carboxylic acids is 2. The summed E-state index contributed by atoms with van der Waals surface area (Å²) in [5.74, 6) is 0.0339. The lowest BCUT2D eigenvalue weighted by atomic mass is 9.78. The van der Waals surface area contributed by atoms with E-state index in [9.17, 15) is 9.59 Å². The molecule has 2 aromatic rings. The number of alkyl halides is 1. The van der Waals surface area contributed by atoms with E-state index in [0.29, 0.717) is 35.9 Å². The number of hydrogen-bond donors (Lipinski definition) is 2. The second-order valence-corrected chi connectivity index (χ2v) is 9.06. The van der Waals surface area contributed by atoms with Crippen LogP contribution in [0, 0.1) is 6.92 Å². The summed E-state index contributed by atoms with van der Waals surface area (Å²) in [7, 11) is 1.54. The Morgan fingerprint density at radius 1 is 1.21 bits per heavy atom. The molecule has 1 aliphatic heterocycles. The van der Waals surface area contributed by atoms with Crippen molar-refractivity contribution in [2.45, 2.75) is 50.4 Å². The predicted octanol–water partition coefficient (Wildman–Crippen LogP) is 2.74. The van der Waals surface area contributed by atoms with Gasteiger partial charge in [0.05, 0.1) is 19.7 Å². The molecule has 0 atom stereocenters. The first-order valence-corrected chi connectivity index (χ1v) is 11.4. The number of rotatable bonds is 7. The van der Waals surface area contributed by atoms with Crippen LogP contribution < -0.4 is 15.4 Å². The first-order chi connectivity index (χ1) is 15.9. The summed E-state index contributed by atoms with van der Waals surface area (Å²) >= 11 is 0. The van der Waals surface area contributed by atoms with Crippen molar-refractivity contribution < 1.29 is 18.7 Å². The van der Waals surface area contributed by atoms with Gasteiger partial charge in [0.1, 0.15) is 5.67 Å². The molecule has 176 valence electrons. The average molecular weight is 455 g/mol. The lowest BCUT2D eigenvalue weighted by Crippen LogP contribution is -2.63. The van der Waals surface area contributed by atoms with Crippen molar-refractivity contribution in [3.05, 3.63) is 59.3 Å². The highest BCUT2D eigenvalue weighted by molar-refractivity contribution is 5.96. The average Bonchev–Trinajstić information content (AvgIpc) is 2.80. The molecule has 4 rings (SSSR count). The summed E-state index contributed by atoms with van der Waals surface area (Å²) < 4.78 is 20.5. The van der Waals surface area contributed by atoms with E-state index in [0.717, 1.165) is 31.5 Å². The number of halogens is 1. The standard InChI is InChI=1S/C25H31FN4O3/c1-17-4-3-5-18(12-17)24(32)28-14-22(31)29-20-15-30(16-20)21-8-10-25(26,11-9-21)19-6-7-23(33-2)27-13-19/h3-7,12-13,20-21H,8-11,14-16H2,1-2H3,(H,28,32)(H,29,31). The van der Waals surface area contributed by atoms with Crippen LogP contribution in [0.2, 0.25) is 0 Å². The normalized spacial score (nSPS) is 23.4. The van der Waals surface area contributed by atoms with E-state index in [-0.39, 0.29) is 24.4 Å². The highest BCUT2D eigenvalue weighted by Gasteiger charge is 2.41. The van der Waals surface area contributed by atoms with Crippen molar-refractivity contribution in [3.63, 3.8) is 0 Å². The summed E-state index contributed by atoms with van der Waals surface area (Å²) in [6, 6.07) is 11.1. The zero-order chi connectivity index (χ0) is 23.4. The molecule has 2 fully saturated rings. The van der Waals surface area contributed by atoms with Crippen molar-refractivity contribution in [1.29, 1.82) is 0 Å². The molecule has 7 nitrogen and oxygen atoms in total. The summed E-state index contributed by atoms with van der Waals surface area (Å²) in [5.41, 5.74) is 0.812. The van der Waals surface area contributed by atoms with Crippen LogP contribution in [0.25, 0.3) is 0 Å². The fourth-order valence-electron chi connectivity index (χ4n) is 4.71. The Labute approximate surface area is 193 Å². The van der Waals surface area contributed by atoms with Crippen molar-refractivity contribution in [2.75, 3.05) is 26.7 Å². The van der Waals surface area contributed by atoms with Crippen LogP contribution in [0.3, 0.4) is 0 Å². The number of pyridine rings is 1. The first kappa shape index (κ1) is 23.2. The topological polar surface area (TPSA) is 83.6 Å². The van der Waals surface area contributed by atoms with E-state index in [1.165, 1.54) is 0 Å². The Morgan fingerprint density at radius 3 is 2.61 bits per heavy atom. The molecule has 33 heavy (non-hydrogen) atoms. The van der Waals surface area contributed by atoms with Gasteiger partial charge in [-0.1, -0.05) is 17.7 Å². The zero-order valence-corrected chi connectivity index (χ0v) is 19.1. The highest BCUT2D eigenvalue weighted by atomic mass is 19.1. The first-order valence-electron chi connectivity index (χ1n) is 11.4. The van der Waals surface area contributed by atoms with Gasteiger partial charge in [-0.25, -0.2) is 9.37 Å². The second kappa shape index (κ2) is 9.87. The maximum atomic E-state index is 15.5. The van der Waals surface area contributed by atoms with Gasteiger partial charge in [-0.3, -0.25) is 14.5 Å². The van der Waals surface area contributed by atoms with Gasteiger partial charge in [-0.15, -0.1) is 0 Å². The molecule has 2 heterocycles. The number of benzene rings is 1. The largest absolute Gasteiger partial charge is 0.481 e. The molecule has 0 bridgehead atoms. The van der Waals surface area contributed by atoms with Crippen LogP contribution in [0.1, 0.15) is 47.2 Å². The van der Waals surface area contributed by atoms with E-state index in [2.05, 4.69) is 20.5 Å². The smallest absolute Gasteiger partial charge is 0.251 e. The fraction of sp³-hybridized carbons (Fsp3) is 0.480. The minimum Gasteiger partial charge on any atom is -0.481 e. The van der Waals surface area contributed by atoms with E-state index in [1.807, 2.05) is 19.1 Å². The van der Waals surface area contributed by atoms with Gasteiger partial charge in [-0.05, 0) is 50.8 Å². The molecule has 1 saturated carbocycles. The molecule has 0 unspecified atom stereocenters. The third kappa shape index (κ3) is 5.50. The van der Waals surface area contributed by atoms with Crippen LogP contribution in [0.5, 0.6) is 5.88 Å². The number of amides is 2. The molecule has 2 aliphatic rings. The van der Waals surface area contributed by atoms with Crippen molar-refractivity contribution in [1.82, 2.24) is 20.5 Å². The molecule has 0 spiro atoms. The number of likely N-dealkylation sites (tertiary alicyclic amines) is 1. The number of carbonyl (C=O) groups is 2. The lowest BCUT2D eigenvalue weighted by Gasteiger charge is -2.47. The molecule has 1 aliphatic carbocycles. The second-order valence-electron chi connectivity index (χ2n) is 9.06. The summed E-state index contributed by atoms with van der Waals surface area (Å²) in [4.78, 5) is 30.8. The van der Waals surface area contributed by atoms with Gasteiger partial charge in [0, 0.05) is 42.5 Å². The minimum absolute atomic E-state index is 0.0486. The Kier molecular flexibility index (Phi) is 6.93. The monoisotopic (exact) mass is 454 g/mol. The molecular formula is C25H31FN4O3. The predicted molar refractivity (Wildman–Crippen MR) is 123 cm³/mol. The molecule has 1 aromatic carbocycles. The highest BCUT2D eigenvalue weighted by Crippen LogP contribution is 2.42. The van der Waals surface area contributed by atoms with Crippen LogP contribution >= 0.6 is 0 Å². The van der Waals surface area contributed by atoms with E-state index in [1.54, 1.807) is 37.6 Å². The van der Waals surface area contributed by atoms with E-state index < -0.39 is 5.67 Å². The number of aromatic nitrogens is 1. The van der Waals surface area contributed by atoms with Crippen LogP contribution in [0.15, 0.2) is 42.6 Å². The van der Waals surface area contributed by atoms with Gasteiger partial charge in [0.2, 0.25) is 11.8 Å². The number of nitrogens with zero attached hydrogens (tertiary/aromatic N) is 2. The summed E-state index contributed by atoms with van der Waals surface area (Å²) in [6.07, 6.45) is 4.05. The SMILES string of the molecule is COc1ccc(C2(F)CCC(N3CC(NC(=O)CNC(=O)c4cccc(C)c4)C3)CC2)cn1. The van der Waals surface area contributed by atoms with Gasteiger partial charge < -0.3 is 15.4 Å². The summed E-state index contributed by atoms with van der Waals surface area (Å²) in [5, 5.41) is 5.63. The van der Waals surface area contributed by atoms with Crippen LogP contribution in [0.4, 0.5) is 4.39 Å². The Hall–Kier alpha value is -3.00. The maximum Gasteiger partial charge on any atom is 0.251 e. The van der Waals surface area contributed by atoms with Crippen LogP contribution in [-0.4, -0.2) is 60.5 Å². The van der Waals surface area contributed by atoms with E-state index in [4.69, 9.17) is 4.74 Å². The molecule has 1 aromatic heterocycles. The maximum absolute atomic E-state index is 15.5. The number of ether oxygens (including phenoxy) is 1. The van der Waals surface area contributed by atoms with Crippen molar-refractivity contribution >= 4 is 11.8 Å². The van der Waals surface area contributed by atoms with Gasteiger partial charge >= 0.3 is 0 Å². The van der Waals surface area contributed by atoms with Gasteiger partial charge in [-0.2, -0.15) is 0 Å².